The minimum absolute atomic E-state index is 0.0594. The molecule has 5 rings (SSSR count). The number of anilines is 1. The van der Waals surface area contributed by atoms with Gasteiger partial charge in [0.15, 0.2) is 11.5 Å². The lowest BCUT2D eigenvalue weighted by Crippen LogP contribution is -2.49. The minimum atomic E-state index is -1.15. The lowest BCUT2D eigenvalue weighted by atomic mass is 9.87. The summed E-state index contributed by atoms with van der Waals surface area (Å²) in [5, 5.41) is 13.9. The summed E-state index contributed by atoms with van der Waals surface area (Å²) in [6.45, 7) is 8.27. The number of nitrogens with zero attached hydrogens (tertiary/aromatic N) is 2. The number of amides is 2. The molecule has 3 atom stereocenters. The van der Waals surface area contributed by atoms with Crippen LogP contribution in [-0.4, -0.2) is 45.8 Å². The molecule has 1 aromatic heterocycles. The largest absolute Gasteiger partial charge is 0.454 e. The Kier molecular flexibility index (Phi) is 7.92. The van der Waals surface area contributed by atoms with E-state index < -0.39 is 30.0 Å². The molecule has 0 saturated carbocycles. The molecule has 42 heavy (non-hydrogen) atoms. The molecule has 2 aromatic carbocycles. The van der Waals surface area contributed by atoms with Crippen LogP contribution in [0.1, 0.15) is 61.8 Å². The van der Waals surface area contributed by atoms with Gasteiger partial charge in [-0.2, -0.15) is 0 Å². The van der Waals surface area contributed by atoms with Crippen molar-refractivity contribution in [3.63, 3.8) is 0 Å². The Hall–Kier alpha value is -4.81. The number of imidazole rings is 1. The molecule has 0 spiro atoms. The van der Waals surface area contributed by atoms with Crippen LogP contribution in [0.5, 0.6) is 11.5 Å². The number of nitrogens with one attached hydrogen (secondary N) is 2. The number of ether oxygens (including phenoxy) is 2. The summed E-state index contributed by atoms with van der Waals surface area (Å²) < 4.78 is 11.1. The van der Waals surface area contributed by atoms with E-state index in [0.29, 0.717) is 29.2 Å². The SMILES string of the molecule is C#C/C=C\C1=C(C)C[C@H](O)[C@@H]1NC(=O)C(c1ccc2c(c1)OCO2)N(C(=O)c1cnc[nH]1)c1ccc(C(C)(C)C)cc1. The molecule has 0 radical (unpaired) electrons. The molecule has 0 bridgehead atoms. The number of aliphatic hydroxyl groups is 1. The third kappa shape index (κ3) is 5.67. The highest BCUT2D eigenvalue weighted by Gasteiger charge is 2.39. The van der Waals surface area contributed by atoms with E-state index in [2.05, 4.69) is 42.0 Å². The number of terminal acetylenes is 1. The standard InChI is InChI=1S/C33H34N4O5/c1-6-7-8-24-20(2)15-26(38)29(24)36-31(39)30(21-9-14-27-28(16-21)42-19-41-27)37(32(40)25-17-34-18-35-25)23-12-10-22(11-13-23)33(3,4)5/h1,7-14,16-18,26,29-30,38H,15,19H2,2-5H3,(H,34,35)(H,36,39)/b8-7-/t26-,29+,30?/m0/s1. The van der Waals surface area contributed by atoms with Gasteiger partial charge < -0.3 is 24.9 Å². The maximum absolute atomic E-state index is 14.4. The van der Waals surface area contributed by atoms with Gasteiger partial charge in [-0.1, -0.05) is 50.5 Å². The summed E-state index contributed by atoms with van der Waals surface area (Å²) in [6.07, 6.45) is 11.1. The van der Waals surface area contributed by atoms with E-state index in [0.717, 1.165) is 16.7 Å². The summed E-state index contributed by atoms with van der Waals surface area (Å²) >= 11 is 0. The molecule has 9 nitrogen and oxygen atoms in total. The van der Waals surface area contributed by atoms with E-state index in [4.69, 9.17) is 15.9 Å². The van der Waals surface area contributed by atoms with Gasteiger partial charge in [0.1, 0.15) is 11.7 Å². The maximum atomic E-state index is 14.4. The predicted molar refractivity (Wildman–Crippen MR) is 159 cm³/mol. The zero-order valence-electron chi connectivity index (χ0n) is 24.0. The number of aromatic amines is 1. The molecular weight excluding hydrogens is 532 g/mol. The van der Waals surface area contributed by atoms with Crippen molar-refractivity contribution in [3.8, 4) is 23.8 Å². The molecule has 0 fully saturated rings. The number of carbonyl (C=O) groups is 2. The Morgan fingerprint density at radius 2 is 1.93 bits per heavy atom. The van der Waals surface area contributed by atoms with Crippen LogP contribution in [0.15, 0.2) is 78.3 Å². The van der Waals surface area contributed by atoms with Crippen molar-refractivity contribution in [1.29, 1.82) is 0 Å². The molecule has 3 aromatic rings. The first-order valence-electron chi connectivity index (χ1n) is 13.7. The Morgan fingerprint density at radius 3 is 2.60 bits per heavy atom. The Morgan fingerprint density at radius 1 is 1.19 bits per heavy atom. The van der Waals surface area contributed by atoms with Crippen molar-refractivity contribution >= 4 is 17.5 Å². The summed E-state index contributed by atoms with van der Waals surface area (Å²) in [4.78, 5) is 36.8. The third-order valence-corrected chi connectivity index (χ3v) is 7.56. The number of rotatable bonds is 7. The third-order valence-electron chi connectivity index (χ3n) is 7.56. The number of hydrogen-bond acceptors (Lipinski definition) is 6. The quantitative estimate of drug-likeness (QED) is 0.361. The minimum Gasteiger partial charge on any atom is -0.454 e. The summed E-state index contributed by atoms with van der Waals surface area (Å²) in [7, 11) is 0. The van der Waals surface area contributed by atoms with Gasteiger partial charge in [-0.3, -0.25) is 14.5 Å². The first kappa shape index (κ1) is 28.7. The smallest absolute Gasteiger partial charge is 0.277 e. The van der Waals surface area contributed by atoms with Crippen LogP contribution in [0.3, 0.4) is 0 Å². The summed E-state index contributed by atoms with van der Waals surface area (Å²) in [6, 6.07) is 10.9. The second-order valence-electron chi connectivity index (χ2n) is 11.4. The highest BCUT2D eigenvalue weighted by atomic mass is 16.7. The molecule has 1 unspecified atom stereocenters. The van der Waals surface area contributed by atoms with Crippen molar-refractivity contribution in [2.45, 2.75) is 57.7 Å². The Labute approximate surface area is 245 Å². The zero-order chi connectivity index (χ0) is 30.0. The van der Waals surface area contributed by atoms with Crippen LogP contribution < -0.4 is 19.7 Å². The maximum Gasteiger partial charge on any atom is 0.277 e. The van der Waals surface area contributed by atoms with Crippen molar-refractivity contribution in [2.24, 2.45) is 0 Å². The molecule has 3 N–H and O–H groups in total. The van der Waals surface area contributed by atoms with Crippen molar-refractivity contribution < 1.29 is 24.2 Å². The molecule has 1 aliphatic carbocycles. The van der Waals surface area contributed by atoms with Crippen LogP contribution in [-0.2, 0) is 10.2 Å². The number of H-pyrrole nitrogens is 1. The second-order valence-corrected chi connectivity index (χ2v) is 11.4. The van der Waals surface area contributed by atoms with Crippen LogP contribution in [0.25, 0.3) is 0 Å². The van der Waals surface area contributed by atoms with Crippen molar-refractivity contribution in [3.05, 3.63) is 95.1 Å². The highest BCUT2D eigenvalue weighted by molar-refractivity contribution is 6.09. The van der Waals surface area contributed by atoms with Gasteiger partial charge in [-0.15, -0.1) is 6.42 Å². The van der Waals surface area contributed by atoms with E-state index in [-0.39, 0.29) is 17.9 Å². The van der Waals surface area contributed by atoms with Gasteiger partial charge >= 0.3 is 0 Å². The number of allylic oxidation sites excluding steroid dienone is 1. The van der Waals surface area contributed by atoms with E-state index >= 15 is 0 Å². The highest BCUT2D eigenvalue weighted by Crippen LogP contribution is 2.38. The number of benzene rings is 2. The average molecular weight is 567 g/mol. The Bertz CT molecular complexity index is 1580. The first-order chi connectivity index (χ1) is 20.1. The topological polar surface area (TPSA) is 117 Å². The fourth-order valence-corrected chi connectivity index (χ4v) is 5.32. The average Bonchev–Trinajstić information content (AvgIpc) is 3.71. The van der Waals surface area contributed by atoms with Crippen LogP contribution in [0.2, 0.25) is 0 Å². The fourth-order valence-electron chi connectivity index (χ4n) is 5.32. The number of aliphatic hydroxyl groups excluding tert-OH is 1. The lowest BCUT2D eigenvalue weighted by molar-refractivity contribution is -0.123. The second kappa shape index (κ2) is 11.6. The van der Waals surface area contributed by atoms with Gasteiger partial charge in [0.05, 0.1) is 24.7 Å². The number of fused-ring (bicyclic) bond motifs is 1. The summed E-state index contributed by atoms with van der Waals surface area (Å²) in [5.74, 6) is 2.53. The van der Waals surface area contributed by atoms with E-state index in [9.17, 15) is 14.7 Å². The summed E-state index contributed by atoms with van der Waals surface area (Å²) in [5.41, 5.74) is 3.83. The number of hydrogen-bond donors (Lipinski definition) is 3. The van der Waals surface area contributed by atoms with E-state index in [1.165, 1.54) is 23.5 Å². The van der Waals surface area contributed by atoms with Gasteiger partial charge in [0.2, 0.25) is 12.7 Å². The molecule has 0 saturated heterocycles. The molecule has 216 valence electrons. The van der Waals surface area contributed by atoms with E-state index in [1.54, 1.807) is 24.3 Å². The van der Waals surface area contributed by atoms with Crippen LogP contribution in [0.4, 0.5) is 5.69 Å². The Balaban J connectivity index is 1.62. The number of carbonyl (C=O) groups excluding carboxylic acids is 2. The van der Waals surface area contributed by atoms with Crippen LogP contribution in [0, 0.1) is 12.3 Å². The van der Waals surface area contributed by atoms with Gasteiger partial charge in [0, 0.05) is 5.69 Å². The zero-order valence-corrected chi connectivity index (χ0v) is 24.0. The van der Waals surface area contributed by atoms with Crippen molar-refractivity contribution in [1.82, 2.24) is 15.3 Å². The molecule has 1 aliphatic heterocycles. The monoisotopic (exact) mass is 566 g/mol. The fraction of sp³-hybridized carbons (Fsp3) is 0.303. The molecule has 2 aliphatic rings. The molecular formula is C33H34N4O5. The van der Waals surface area contributed by atoms with E-state index in [1.807, 2.05) is 31.2 Å². The molecule has 2 heterocycles. The predicted octanol–water partition coefficient (Wildman–Crippen LogP) is 4.58. The van der Waals surface area contributed by atoms with Crippen molar-refractivity contribution in [2.75, 3.05) is 11.7 Å². The normalized spacial score (nSPS) is 18.7. The number of aromatic nitrogens is 2. The molecule has 2 amide bonds. The first-order valence-corrected chi connectivity index (χ1v) is 13.7. The molecule has 9 heteroatoms. The lowest BCUT2D eigenvalue weighted by Gasteiger charge is -2.33. The van der Waals surface area contributed by atoms with Gasteiger partial charge in [-0.25, -0.2) is 4.98 Å². The van der Waals surface area contributed by atoms with Gasteiger partial charge in [-0.05, 0) is 71.9 Å². The van der Waals surface area contributed by atoms with Gasteiger partial charge in [0.25, 0.3) is 5.91 Å². The van der Waals surface area contributed by atoms with Crippen LogP contribution >= 0.6 is 0 Å².